The highest BCUT2D eigenvalue weighted by atomic mass is 35.5. The molecule has 2 rings (SSSR count). The second-order valence-electron chi connectivity index (χ2n) is 4.23. The third-order valence-electron chi connectivity index (χ3n) is 2.55. The highest BCUT2D eigenvalue weighted by molar-refractivity contribution is 7.91. The van der Waals surface area contributed by atoms with Crippen LogP contribution >= 0.6 is 46.4 Å². The molecule has 0 saturated heterocycles. The van der Waals surface area contributed by atoms with E-state index in [-0.39, 0.29) is 26.5 Å². The predicted octanol–water partition coefficient (Wildman–Crippen LogP) is 5.24. The molecule has 112 valence electrons. The molecule has 0 atom stereocenters. The normalized spacial score (nSPS) is 11.4. The Bertz CT molecular complexity index is 760. The Morgan fingerprint density at radius 1 is 0.857 bits per heavy atom. The highest BCUT2D eigenvalue weighted by Crippen LogP contribution is 2.33. The van der Waals surface area contributed by atoms with Crippen molar-refractivity contribution in [2.75, 3.05) is 4.72 Å². The standard InChI is InChI=1S/C13H9Cl4NO2S/c14-9-3-1-8(2-4-9)7-21(19,20)18-13-6-11(16)10(15)5-12(13)17/h1-6,18H,7H2. The fourth-order valence-corrected chi connectivity index (χ4v) is 3.59. The van der Waals surface area contributed by atoms with E-state index in [0.717, 1.165) is 0 Å². The van der Waals surface area contributed by atoms with E-state index in [1.807, 2.05) is 0 Å². The average Bonchev–Trinajstić information content (AvgIpc) is 2.38. The first-order valence-electron chi connectivity index (χ1n) is 5.66. The van der Waals surface area contributed by atoms with Crippen LogP contribution in [-0.4, -0.2) is 8.42 Å². The number of rotatable bonds is 4. The summed E-state index contributed by atoms with van der Waals surface area (Å²) in [7, 11) is -3.63. The predicted molar refractivity (Wildman–Crippen MR) is 89.2 cm³/mol. The molecular formula is C13H9Cl4NO2S. The third-order valence-corrected chi connectivity index (χ3v) is 5.08. The van der Waals surface area contributed by atoms with Gasteiger partial charge in [-0.2, -0.15) is 0 Å². The van der Waals surface area contributed by atoms with Crippen molar-refractivity contribution in [3.05, 3.63) is 62.1 Å². The van der Waals surface area contributed by atoms with Crippen molar-refractivity contribution in [1.29, 1.82) is 0 Å². The molecule has 21 heavy (non-hydrogen) atoms. The first kappa shape index (κ1) is 16.7. The maximum Gasteiger partial charge on any atom is 0.236 e. The van der Waals surface area contributed by atoms with Crippen molar-refractivity contribution in [2.45, 2.75) is 5.75 Å². The summed E-state index contributed by atoms with van der Waals surface area (Å²) in [5.41, 5.74) is 0.781. The minimum Gasteiger partial charge on any atom is -0.282 e. The van der Waals surface area contributed by atoms with E-state index >= 15 is 0 Å². The molecule has 0 radical (unpaired) electrons. The van der Waals surface area contributed by atoms with Gasteiger partial charge in [0.25, 0.3) is 0 Å². The van der Waals surface area contributed by atoms with Gasteiger partial charge < -0.3 is 0 Å². The minimum atomic E-state index is -3.63. The smallest absolute Gasteiger partial charge is 0.236 e. The average molecular weight is 385 g/mol. The Balaban J connectivity index is 2.21. The Kier molecular flexibility index (Phi) is 5.28. The van der Waals surface area contributed by atoms with Crippen LogP contribution in [0.2, 0.25) is 20.1 Å². The molecule has 0 amide bonds. The molecule has 2 aromatic carbocycles. The molecule has 8 heteroatoms. The van der Waals surface area contributed by atoms with Gasteiger partial charge in [-0.15, -0.1) is 0 Å². The SMILES string of the molecule is O=S(=O)(Cc1ccc(Cl)cc1)Nc1cc(Cl)c(Cl)cc1Cl. The Morgan fingerprint density at radius 3 is 2.05 bits per heavy atom. The van der Waals surface area contributed by atoms with Crippen LogP contribution in [0, 0.1) is 0 Å². The molecule has 0 heterocycles. The number of anilines is 1. The van der Waals surface area contributed by atoms with Crippen molar-refractivity contribution in [2.24, 2.45) is 0 Å². The van der Waals surface area contributed by atoms with E-state index in [4.69, 9.17) is 46.4 Å². The molecule has 0 aliphatic carbocycles. The second kappa shape index (κ2) is 6.63. The number of benzene rings is 2. The van der Waals surface area contributed by atoms with E-state index < -0.39 is 10.0 Å². The van der Waals surface area contributed by atoms with Gasteiger partial charge in [0.1, 0.15) is 0 Å². The lowest BCUT2D eigenvalue weighted by molar-refractivity contribution is 0.600. The monoisotopic (exact) mass is 383 g/mol. The zero-order valence-corrected chi connectivity index (χ0v) is 14.2. The van der Waals surface area contributed by atoms with Crippen molar-refractivity contribution in [3.8, 4) is 0 Å². The van der Waals surface area contributed by atoms with Gasteiger partial charge >= 0.3 is 0 Å². The van der Waals surface area contributed by atoms with Gasteiger partial charge in [0.05, 0.1) is 26.5 Å². The van der Waals surface area contributed by atoms with Gasteiger partial charge in [-0.25, -0.2) is 8.42 Å². The van der Waals surface area contributed by atoms with Crippen LogP contribution in [0.3, 0.4) is 0 Å². The van der Waals surface area contributed by atoms with Crippen LogP contribution in [0.5, 0.6) is 0 Å². The minimum absolute atomic E-state index is 0.170. The van der Waals surface area contributed by atoms with E-state index in [9.17, 15) is 8.42 Å². The molecule has 0 aromatic heterocycles. The molecule has 0 aliphatic heterocycles. The zero-order chi connectivity index (χ0) is 15.6. The van der Waals surface area contributed by atoms with Gasteiger partial charge in [-0.3, -0.25) is 4.72 Å². The largest absolute Gasteiger partial charge is 0.282 e. The molecule has 3 nitrogen and oxygen atoms in total. The van der Waals surface area contributed by atoms with Crippen molar-refractivity contribution < 1.29 is 8.42 Å². The van der Waals surface area contributed by atoms with E-state index in [0.29, 0.717) is 10.6 Å². The highest BCUT2D eigenvalue weighted by Gasteiger charge is 2.15. The molecule has 0 saturated carbocycles. The summed E-state index contributed by atoms with van der Waals surface area (Å²) in [5, 5.41) is 1.17. The van der Waals surface area contributed by atoms with E-state index in [1.54, 1.807) is 24.3 Å². The maximum atomic E-state index is 12.1. The van der Waals surface area contributed by atoms with E-state index in [1.165, 1.54) is 12.1 Å². The molecule has 0 bridgehead atoms. The van der Waals surface area contributed by atoms with Crippen LogP contribution < -0.4 is 4.72 Å². The van der Waals surface area contributed by atoms with Gasteiger partial charge in [0.15, 0.2) is 0 Å². The van der Waals surface area contributed by atoms with Gasteiger partial charge in [-0.1, -0.05) is 58.5 Å². The third kappa shape index (κ3) is 4.66. The summed E-state index contributed by atoms with van der Waals surface area (Å²) in [4.78, 5) is 0. The number of halogens is 4. The van der Waals surface area contributed by atoms with Crippen LogP contribution in [-0.2, 0) is 15.8 Å². The quantitative estimate of drug-likeness (QED) is 0.732. The molecule has 0 spiro atoms. The van der Waals surface area contributed by atoms with Gasteiger partial charge in [-0.05, 0) is 29.8 Å². The second-order valence-corrected chi connectivity index (χ2v) is 7.61. The van der Waals surface area contributed by atoms with Crippen molar-refractivity contribution >= 4 is 62.1 Å². The van der Waals surface area contributed by atoms with Crippen LogP contribution in [0.15, 0.2) is 36.4 Å². The van der Waals surface area contributed by atoms with Crippen LogP contribution in [0.4, 0.5) is 5.69 Å². The first-order chi connectivity index (χ1) is 9.77. The fourth-order valence-electron chi connectivity index (χ4n) is 1.60. The van der Waals surface area contributed by atoms with Crippen LogP contribution in [0.25, 0.3) is 0 Å². The summed E-state index contributed by atoms with van der Waals surface area (Å²) in [5.74, 6) is -0.208. The topological polar surface area (TPSA) is 46.2 Å². The van der Waals surface area contributed by atoms with Crippen LogP contribution in [0.1, 0.15) is 5.56 Å². The summed E-state index contributed by atoms with van der Waals surface area (Å²) in [6.07, 6.45) is 0. The van der Waals surface area contributed by atoms with Crippen molar-refractivity contribution in [1.82, 2.24) is 0 Å². The number of nitrogens with one attached hydrogen (secondary N) is 1. The zero-order valence-electron chi connectivity index (χ0n) is 10.4. The van der Waals surface area contributed by atoms with Gasteiger partial charge in [0, 0.05) is 5.02 Å². The molecule has 0 aliphatic rings. The molecule has 0 unspecified atom stereocenters. The number of hydrogen-bond acceptors (Lipinski definition) is 2. The van der Waals surface area contributed by atoms with Gasteiger partial charge in [0.2, 0.25) is 10.0 Å². The Labute approximate surface area is 142 Å². The lowest BCUT2D eigenvalue weighted by atomic mass is 10.2. The fraction of sp³-hybridized carbons (Fsp3) is 0.0769. The Hall–Kier alpha value is -0.650. The molecule has 0 fully saturated rings. The maximum absolute atomic E-state index is 12.1. The summed E-state index contributed by atoms with van der Waals surface area (Å²) < 4.78 is 26.6. The Morgan fingerprint density at radius 2 is 1.43 bits per heavy atom. The number of sulfonamides is 1. The van der Waals surface area contributed by atoms with Crippen molar-refractivity contribution in [3.63, 3.8) is 0 Å². The lowest BCUT2D eigenvalue weighted by Crippen LogP contribution is -2.15. The number of hydrogen-bond donors (Lipinski definition) is 1. The summed E-state index contributed by atoms with van der Waals surface area (Å²) in [6.45, 7) is 0. The lowest BCUT2D eigenvalue weighted by Gasteiger charge is -2.11. The molecule has 1 N–H and O–H groups in total. The first-order valence-corrected chi connectivity index (χ1v) is 8.83. The summed E-state index contributed by atoms with van der Waals surface area (Å²) in [6, 6.07) is 9.27. The van der Waals surface area contributed by atoms with E-state index in [2.05, 4.69) is 4.72 Å². The summed E-state index contributed by atoms with van der Waals surface area (Å²) >= 11 is 23.3. The molecule has 2 aromatic rings. The molecular weight excluding hydrogens is 376 g/mol.